The van der Waals surface area contributed by atoms with E-state index in [0.29, 0.717) is 6.04 Å². The summed E-state index contributed by atoms with van der Waals surface area (Å²) in [6, 6.07) is 2.22. The van der Waals surface area contributed by atoms with Gasteiger partial charge >= 0.3 is 0 Å². The standard InChI is InChI=1S/C21H26N8/c1-14-17-5-3-4-6-19(17)26-20(24-14)25-16-8-10-29(13-16)21-22-9-7-18(27-21)15-11-23-28(2)12-15/h7,9,11-12,16H,3-6,8,10,13H2,1-2H3,(H,24,25,26). The summed E-state index contributed by atoms with van der Waals surface area (Å²) in [6.07, 6.45) is 11.3. The fourth-order valence-corrected chi connectivity index (χ4v) is 4.30. The van der Waals surface area contributed by atoms with Crippen LogP contribution in [0.2, 0.25) is 0 Å². The second-order valence-electron chi connectivity index (χ2n) is 7.99. The second-order valence-corrected chi connectivity index (χ2v) is 7.99. The molecule has 3 aromatic heterocycles. The van der Waals surface area contributed by atoms with Gasteiger partial charge in [0.05, 0.1) is 11.9 Å². The Bertz CT molecular complexity index is 1030. The first kappa shape index (κ1) is 18.0. The van der Waals surface area contributed by atoms with Gasteiger partial charge in [0.1, 0.15) is 0 Å². The summed E-state index contributed by atoms with van der Waals surface area (Å²) >= 11 is 0. The predicted octanol–water partition coefficient (Wildman–Crippen LogP) is 2.55. The van der Waals surface area contributed by atoms with Crippen molar-refractivity contribution in [3.05, 3.63) is 41.6 Å². The highest BCUT2D eigenvalue weighted by atomic mass is 15.3. The van der Waals surface area contributed by atoms with Crippen LogP contribution < -0.4 is 10.2 Å². The number of aryl methyl sites for hydroxylation is 3. The third-order valence-corrected chi connectivity index (χ3v) is 5.84. The molecule has 2 aliphatic rings. The van der Waals surface area contributed by atoms with Crippen LogP contribution in [0.25, 0.3) is 11.3 Å². The van der Waals surface area contributed by atoms with Gasteiger partial charge in [0.15, 0.2) is 0 Å². The van der Waals surface area contributed by atoms with Gasteiger partial charge in [0.25, 0.3) is 0 Å². The lowest BCUT2D eigenvalue weighted by molar-refractivity contribution is 0.655. The first-order valence-corrected chi connectivity index (χ1v) is 10.4. The Labute approximate surface area is 170 Å². The summed E-state index contributed by atoms with van der Waals surface area (Å²) in [5, 5.41) is 7.78. The van der Waals surface area contributed by atoms with Crippen molar-refractivity contribution >= 4 is 11.9 Å². The number of nitrogens with zero attached hydrogens (tertiary/aromatic N) is 7. The van der Waals surface area contributed by atoms with Crippen molar-refractivity contribution < 1.29 is 0 Å². The van der Waals surface area contributed by atoms with Crippen molar-refractivity contribution in [3.63, 3.8) is 0 Å². The smallest absolute Gasteiger partial charge is 0.225 e. The number of anilines is 2. The van der Waals surface area contributed by atoms with Gasteiger partial charge in [0, 0.05) is 55.5 Å². The third kappa shape index (κ3) is 3.66. The van der Waals surface area contributed by atoms with Gasteiger partial charge < -0.3 is 10.2 Å². The van der Waals surface area contributed by atoms with Crippen molar-refractivity contribution in [2.24, 2.45) is 7.05 Å². The molecule has 8 nitrogen and oxygen atoms in total. The fraction of sp³-hybridized carbons (Fsp3) is 0.476. The van der Waals surface area contributed by atoms with E-state index in [-0.39, 0.29) is 0 Å². The van der Waals surface area contributed by atoms with E-state index in [1.165, 1.54) is 24.1 Å². The van der Waals surface area contributed by atoms with E-state index in [0.717, 1.165) is 61.2 Å². The minimum atomic E-state index is 0.293. The van der Waals surface area contributed by atoms with E-state index in [1.54, 1.807) is 4.68 Å². The Balaban J connectivity index is 1.29. The summed E-state index contributed by atoms with van der Waals surface area (Å²) < 4.78 is 1.79. The minimum absolute atomic E-state index is 0.293. The quantitative estimate of drug-likeness (QED) is 0.733. The number of hydrogen-bond acceptors (Lipinski definition) is 7. The fourth-order valence-electron chi connectivity index (χ4n) is 4.30. The molecule has 5 rings (SSSR count). The van der Waals surface area contributed by atoms with E-state index in [9.17, 15) is 0 Å². The molecule has 29 heavy (non-hydrogen) atoms. The highest BCUT2D eigenvalue weighted by Crippen LogP contribution is 2.25. The number of rotatable bonds is 4. The van der Waals surface area contributed by atoms with E-state index in [1.807, 2.05) is 31.7 Å². The topological polar surface area (TPSA) is 84.7 Å². The van der Waals surface area contributed by atoms with Crippen molar-refractivity contribution in [2.75, 3.05) is 23.3 Å². The molecule has 0 saturated carbocycles. The summed E-state index contributed by atoms with van der Waals surface area (Å²) in [6.45, 7) is 3.86. The Morgan fingerprint density at radius 2 is 2.03 bits per heavy atom. The van der Waals surface area contributed by atoms with Gasteiger partial charge in [-0.15, -0.1) is 0 Å². The van der Waals surface area contributed by atoms with E-state index in [4.69, 9.17) is 15.0 Å². The van der Waals surface area contributed by atoms with E-state index >= 15 is 0 Å². The van der Waals surface area contributed by atoms with E-state index < -0.39 is 0 Å². The molecule has 0 amide bonds. The van der Waals surface area contributed by atoms with Gasteiger partial charge in [-0.2, -0.15) is 5.10 Å². The molecule has 1 atom stereocenters. The van der Waals surface area contributed by atoms with Crippen molar-refractivity contribution in [2.45, 2.75) is 45.1 Å². The summed E-state index contributed by atoms with van der Waals surface area (Å²) in [5.41, 5.74) is 5.61. The molecule has 1 unspecified atom stereocenters. The minimum Gasteiger partial charge on any atom is -0.350 e. The van der Waals surface area contributed by atoms with Crippen LogP contribution in [0, 0.1) is 6.92 Å². The molecule has 1 fully saturated rings. The molecule has 8 heteroatoms. The van der Waals surface area contributed by atoms with Crippen LogP contribution in [0.1, 0.15) is 36.2 Å². The van der Waals surface area contributed by atoms with Crippen LogP contribution in [0.15, 0.2) is 24.7 Å². The molecular weight excluding hydrogens is 364 g/mol. The normalized spacial score (nSPS) is 18.7. The molecule has 1 saturated heterocycles. The molecule has 3 aromatic rings. The maximum atomic E-state index is 4.81. The highest BCUT2D eigenvalue weighted by molar-refractivity contribution is 5.58. The van der Waals surface area contributed by atoms with Gasteiger partial charge in [-0.1, -0.05) is 0 Å². The number of fused-ring (bicyclic) bond motifs is 1. The monoisotopic (exact) mass is 390 g/mol. The van der Waals surface area contributed by atoms with Crippen molar-refractivity contribution in [1.82, 2.24) is 29.7 Å². The molecule has 0 aromatic carbocycles. The lowest BCUT2D eigenvalue weighted by atomic mass is 9.95. The molecule has 4 heterocycles. The van der Waals surface area contributed by atoms with Crippen LogP contribution in [0.3, 0.4) is 0 Å². The Morgan fingerprint density at radius 1 is 1.14 bits per heavy atom. The van der Waals surface area contributed by atoms with Gasteiger partial charge in [0.2, 0.25) is 11.9 Å². The SMILES string of the molecule is Cc1nc(NC2CCN(c3nccc(-c4cnn(C)c4)n3)C2)nc2c1CCCC2. The van der Waals surface area contributed by atoms with Crippen molar-refractivity contribution in [3.8, 4) is 11.3 Å². The number of nitrogens with one attached hydrogen (secondary N) is 1. The third-order valence-electron chi connectivity index (χ3n) is 5.84. The zero-order valence-electron chi connectivity index (χ0n) is 17.0. The molecule has 0 bridgehead atoms. The first-order valence-electron chi connectivity index (χ1n) is 10.4. The van der Waals surface area contributed by atoms with Crippen LogP contribution >= 0.6 is 0 Å². The molecule has 1 aliphatic carbocycles. The molecule has 150 valence electrons. The first-order chi connectivity index (χ1) is 14.2. The zero-order chi connectivity index (χ0) is 19.8. The van der Waals surface area contributed by atoms with Crippen LogP contribution in [0.4, 0.5) is 11.9 Å². The largest absolute Gasteiger partial charge is 0.350 e. The number of hydrogen-bond donors (Lipinski definition) is 1. The zero-order valence-corrected chi connectivity index (χ0v) is 17.0. The summed E-state index contributed by atoms with van der Waals surface area (Å²) in [4.78, 5) is 21.0. The van der Waals surface area contributed by atoms with Crippen LogP contribution in [0.5, 0.6) is 0 Å². The maximum Gasteiger partial charge on any atom is 0.225 e. The van der Waals surface area contributed by atoms with Gasteiger partial charge in [-0.05, 0) is 50.7 Å². The molecular formula is C21H26N8. The molecule has 1 aliphatic heterocycles. The molecule has 0 spiro atoms. The highest BCUT2D eigenvalue weighted by Gasteiger charge is 2.26. The van der Waals surface area contributed by atoms with Gasteiger partial charge in [-0.3, -0.25) is 4.68 Å². The Morgan fingerprint density at radius 3 is 2.90 bits per heavy atom. The molecule has 1 N–H and O–H groups in total. The lowest BCUT2D eigenvalue weighted by Gasteiger charge is -2.20. The Kier molecular flexibility index (Phi) is 4.61. The average molecular weight is 390 g/mol. The maximum absolute atomic E-state index is 4.81. The number of aromatic nitrogens is 6. The van der Waals surface area contributed by atoms with Gasteiger partial charge in [-0.25, -0.2) is 19.9 Å². The van der Waals surface area contributed by atoms with Crippen molar-refractivity contribution in [1.29, 1.82) is 0 Å². The van der Waals surface area contributed by atoms with Crippen LogP contribution in [-0.2, 0) is 19.9 Å². The van der Waals surface area contributed by atoms with E-state index in [2.05, 4.69) is 27.2 Å². The average Bonchev–Trinajstić information content (AvgIpc) is 3.37. The second kappa shape index (κ2) is 7.42. The lowest BCUT2D eigenvalue weighted by Crippen LogP contribution is -2.28. The summed E-state index contributed by atoms with van der Waals surface area (Å²) in [7, 11) is 1.91. The molecule has 0 radical (unpaired) electrons. The predicted molar refractivity (Wildman–Crippen MR) is 112 cm³/mol. The Hall–Kier alpha value is -3.03. The summed E-state index contributed by atoms with van der Waals surface area (Å²) in [5.74, 6) is 1.53. The van der Waals surface area contributed by atoms with Crippen LogP contribution in [-0.4, -0.2) is 48.8 Å².